The number of aryl methyl sites for hydroxylation is 1. The Morgan fingerprint density at radius 3 is 2.29 bits per heavy atom. The Labute approximate surface area is 144 Å². The molecule has 24 heavy (non-hydrogen) atoms. The number of rotatable bonds is 2. The molecule has 0 aliphatic carbocycles. The molecule has 0 saturated heterocycles. The van der Waals surface area contributed by atoms with Crippen LogP contribution in [0.2, 0.25) is 0 Å². The van der Waals surface area contributed by atoms with E-state index in [-0.39, 0.29) is 5.78 Å². The van der Waals surface area contributed by atoms with Gasteiger partial charge in [0, 0.05) is 5.56 Å². The minimum atomic E-state index is 0.0102. The van der Waals surface area contributed by atoms with Gasteiger partial charge < -0.3 is 0 Å². The molecule has 4 rings (SSSR count). The topological polar surface area (TPSA) is 42.9 Å². The largest absolute Gasteiger partial charge is 0.288 e. The average molecular weight is 330 g/mol. The zero-order valence-electron chi connectivity index (χ0n) is 13.1. The number of ketones is 1. The zero-order chi connectivity index (χ0) is 16.5. The molecule has 0 unspecified atom stereocenters. The van der Waals surface area contributed by atoms with Crippen molar-refractivity contribution in [2.75, 3.05) is 0 Å². The van der Waals surface area contributed by atoms with E-state index >= 15 is 0 Å². The second-order valence-corrected chi connectivity index (χ2v) is 6.56. The van der Waals surface area contributed by atoms with Crippen LogP contribution in [0, 0.1) is 6.92 Å². The van der Waals surface area contributed by atoms with E-state index in [1.165, 1.54) is 11.8 Å². The molecule has 0 saturated carbocycles. The minimum Gasteiger partial charge on any atom is -0.288 e. The summed E-state index contributed by atoms with van der Waals surface area (Å²) < 4.78 is 0. The molecule has 0 amide bonds. The number of thioether (sulfide) groups is 1. The lowest BCUT2D eigenvalue weighted by atomic mass is 10.1. The van der Waals surface area contributed by atoms with Gasteiger partial charge in [-0.1, -0.05) is 72.4 Å². The number of Topliss-reactive ketones (excluding diaryl/α,β-unsaturated/α-hetero) is 1. The molecule has 1 aliphatic rings. The number of nitrogens with zero attached hydrogens (tertiary/aromatic N) is 2. The first-order valence-electron chi connectivity index (χ1n) is 7.66. The first-order chi connectivity index (χ1) is 11.7. The maximum atomic E-state index is 12.7. The van der Waals surface area contributed by atoms with Gasteiger partial charge in [-0.25, -0.2) is 9.97 Å². The molecule has 0 N–H and O–H groups in total. The number of carbonyl (C=O) groups is 1. The molecule has 0 spiro atoms. The first kappa shape index (κ1) is 14.8. The van der Waals surface area contributed by atoms with Crippen molar-refractivity contribution >= 4 is 23.6 Å². The second-order valence-electron chi connectivity index (χ2n) is 5.53. The molecule has 4 heteroatoms. The van der Waals surface area contributed by atoms with E-state index < -0.39 is 0 Å². The highest BCUT2D eigenvalue weighted by Gasteiger charge is 2.30. The molecule has 0 radical (unpaired) electrons. The fourth-order valence-corrected chi connectivity index (χ4v) is 3.74. The Morgan fingerprint density at radius 2 is 1.58 bits per heavy atom. The van der Waals surface area contributed by atoms with Gasteiger partial charge in [0.1, 0.15) is 5.03 Å². The Balaban J connectivity index is 1.76. The lowest BCUT2D eigenvalue weighted by molar-refractivity contribution is 0.104. The number of fused-ring (bicyclic) bond motifs is 1. The average Bonchev–Trinajstić information content (AvgIpc) is 2.93. The van der Waals surface area contributed by atoms with Crippen LogP contribution in [-0.2, 0) is 0 Å². The molecule has 3 aromatic rings. The van der Waals surface area contributed by atoms with Gasteiger partial charge in [0.25, 0.3) is 0 Å². The predicted octanol–water partition coefficient (Wildman–Crippen LogP) is 4.78. The molecule has 0 atom stereocenters. The molecule has 3 nitrogen and oxygen atoms in total. The summed E-state index contributed by atoms with van der Waals surface area (Å²) in [6.07, 6.45) is 1.91. The van der Waals surface area contributed by atoms with E-state index in [2.05, 4.69) is 9.97 Å². The molecule has 116 valence electrons. The highest BCUT2D eigenvalue weighted by molar-refractivity contribution is 8.04. The molecule has 0 fully saturated rings. The SMILES string of the molecule is Cc1nc(-c2ccccc2)nc2c1C(=O)C(=Cc1ccccc1)S2. The number of allylic oxidation sites excluding steroid dienone is 1. The Hall–Kier alpha value is -2.72. The van der Waals surface area contributed by atoms with Gasteiger partial charge in [-0.2, -0.15) is 0 Å². The van der Waals surface area contributed by atoms with Gasteiger partial charge in [0.15, 0.2) is 5.82 Å². The lowest BCUT2D eigenvalue weighted by Gasteiger charge is -2.04. The van der Waals surface area contributed by atoms with Crippen molar-refractivity contribution in [3.63, 3.8) is 0 Å². The molecule has 2 heterocycles. The highest BCUT2D eigenvalue weighted by atomic mass is 32.2. The Kier molecular flexibility index (Phi) is 3.75. The number of hydrogen-bond donors (Lipinski definition) is 0. The van der Waals surface area contributed by atoms with Crippen LogP contribution in [0.15, 0.2) is 70.6 Å². The number of carbonyl (C=O) groups excluding carboxylic acids is 1. The van der Waals surface area contributed by atoms with E-state index in [4.69, 9.17) is 0 Å². The lowest BCUT2D eigenvalue weighted by Crippen LogP contribution is -2.03. The van der Waals surface area contributed by atoms with Crippen LogP contribution < -0.4 is 0 Å². The van der Waals surface area contributed by atoms with Crippen LogP contribution in [-0.4, -0.2) is 15.8 Å². The van der Waals surface area contributed by atoms with Crippen LogP contribution in [0.25, 0.3) is 17.5 Å². The summed E-state index contributed by atoms with van der Waals surface area (Å²) >= 11 is 1.42. The standard InChI is InChI=1S/C20H14N2OS/c1-13-17-18(23)16(12-14-8-4-2-5-9-14)24-20(17)22-19(21-13)15-10-6-3-7-11-15/h2-12H,1H3. The summed E-state index contributed by atoms with van der Waals surface area (Å²) in [5.74, 6) is 0.670. The van der Waals surface area contributed by atoms with Crippen molar-refractivity contribution in [1.82, 2.24) is 9.97 Å². The van der Waals surface area contributed by atoms with Gasteiger partial charge in [-0.3, -0.25) is 4.79 Å². The molecular weight excluding hydrogens is 316 g/mol. The summed E-state index contributed by atoms with van der Waals surface area (Å²) in [6.45, 7) is 1.87. The maximum absolute atomic E-state index is 12.7. The number of benzene rings is 2. The summed E-state index contributed by atoms with van der Waals surface area (Å²) in [7, 11) is 0. The van der Waals surface area contributed by atoms with Gasteiger partial charge >= 0.3 is 0 Å². The van der Waals surface area contributed by atoms with Gasteiger partial charge in [-0.05, 0) is 18.6 Å². The quantitative estimate of drug-likeness (QED) is 0.501. The zero-order valence-corrected chi connectivity index (χ0v) is 13.9. The van der Waals surface area contributed by atoms with Gasteiger partial charge in [0.05, 0.1) is 16.2 Å². The van der Waals surface area contributed by atoms with E-state index in [0.29, 0.717) is 16.3 Å². The fourth-order valence-electron chi connectivity index (χ4n) is 2.67. The molecule has 0 bridgehead atoms. The normalized spacial score (nSPS) is 14.9. The molecule has 1 aromatic heterocycles. The van der Waals surface area contributed by atoms with Crippen molar-refractivity contribution in [3.05, 3.63) is 82.4 Å². The van der Waals surface area contributed by atoms with Crippen LogP contribution >= 0.6 is 11.8 Å². The van der Waals surface area contributed by atoms with E-state index in [1.54, 1.807) is 0 Å². The third-order valence-corrected chi connectivity index (χ3v) is 4.86. The summed E-state index contributed by atoms with van der Waals surface area (Å²) in [5.41, 5.74) is 3.32. The van der Waals surface area contributed by atoms with Gasteiger partial charge in [0.2, 0.25) is 5.78 Å². The second kappa shape index (κ2) is 6.06. The Bertz CT molecular complexity index is 950. The maximum Gasteiger partial charge on any atom is 0.204 e. The van der Waals surface area contributed by atoms with E-state index in [1.807, 2.05) is 73.7 Å². The third-order valence-electron chi connectivity index (χ3n) is 3.84. The number of hydrogen-bond acceptors (Lipinski definition) is 4. The summed E-state index contributed by atoms with van der Waals surface area (Å²) in [6, 6.07) is 19.7. The van der Waals surface area contributed by atoms with Crippen molar-refractivity contribution in [3.8, 4) is 11.4 Å². The van der Waals surface area contributed by atoms with Gasteiger partial charge in [-0.15, -0.1) is 0 Å². The fraction of sp³-hybridized carbons (Fsp3) is 0.0500. The van der Waals surface area contributed by atoms with Crippen molar-refractivity contribution in [2.45, 2.75) is 11.9 Å². The monoisotopic (exact) mass is 330 g/mol. The van der Waals surface area contributed by atoms with Crippen molar-refractivity contribution < 1.29 is 4.79 Å². The first-order valence-corrected chi connectivity index (χ1v) is 8.47. The third kappa shape index (κ3) is 2.65. The molecular formula is C20H14N2OS. The Morgan fingerprint density at radius 1 is 0.917 bits per heavy atom. The minimum absolute atomic E-state index is 0.0102. The molecule has 2 aromatic carbocycles. The van der Waals surface area contributed by atoms with E-state index in [0.717, 1.165) is 21.8 Å². The van der Waals surface area contributed by atoms with Crippen LogP contribution in [0.1, 0.15) is 21.6 Å². The summed E-state index contributed by atoms with van der Waals surface area (Å²) in [5, 5.41) is 0.744. The smallest absolute Gasteiger partial charge is 0.204 e. The number of aromatic nitrogens is 2. The van der Waals surface area contributed by atoms with Crippen molar-refractivity contribution in [1.29, 1.82) is 0 Å². The van der Waals surface area contributed by atoms with Crippen LogP contribution in [0.4, 0.5) is 0 Å². The summed E-state index contributed by atoms with van der Waals surface area (Å²) in [4.78, 5) is 22.5. The van der Waals surface area contributed by atoms with Crippen LogP contribution in [0.5, 0.6) is 0 Å². The highest BCUT2D eigenvalue weighted by Crippen LogP contribution is 2.41. The predicted molar refractivity (Wildman–Crippen MR) is 96.8 cm³/mol. The van der Waals surface area contributed by atoms with E-state index in [9.17, 15) is 4.79 Å². The van der Waals surface area contributed by atoms with Crippen LogP contribution in [0.3, 0.4) is 0 Å². The molecule has 1 aliphatic heterocycles. The van der Waals surface area contributed by atoms with Crippen molar-refractivity contribution in [2.24, 2.45) is 0 Å².